The molecule has 0 heterocycles. The summed E-state index contributed by atoms with van der Waals surface area (Å²) in [6, 6.07) is 0. The molecule has 1 aromatic carbocycles. The highest BCUT2D eigenvalue weighted by atomic mass is 14.5. The zero-order chi connectivity index (χ0) is 15.6. The average molecular weight is 287 g/mol. The van der Waals surface area contributed by atoms with Gasteiger partial charge in [0.2, 0.25) is 0 Å². The fourth-order valence-corrected chi connectivity index (χ4v) is 4.40. The molecule has 0 aliphatic heterocycles. The minimum Gasteiger partial charge on any atom is -0.330 e. The highest BCUT2D eigenvalue weighted by molar-refractivity contribution is 5.49. The highest BCUT2D eigenvalue weighted by Gasteiger charge is 2.32. The van der Waals surface area contributed by atoms with Crippen molar-refractivity contribution in [3.05, 3.63) is 33.4 Å². The van der Waals surface area contributed by atoms with Gasteiger partial charge in [-0.05, 0) is 112 Å². The van der Waals surface area contributed by atoms with Crippen LogP contribution in [0.4, 0.5) is 0 Å². The summed E-state index contributed by atoms with van der Waals surface area (Å²) in [7, 11) is 0. The van der Waals surface area contributed by atoms with Crippen LogP contribution in [0.3, 0.4) is 0 Å². The van der Waals surface area contributed by atoms with E-state index in [0.717, 1.165) is 6.54 Å². The SMILES string of the molecule is Cc1c(C)c(C)c(CCC2(CCN)CCCC2)c(C)c1C. The number of hydrogen-bond acceptors (Lipinski definition) is 1. The van der Waals surface area contributed by atoms with Gasteiger partial charge in [0.25, 0.3) is 0 Å². The molecule has 1 saturated carbocycles. The third-order valence-corrected chi connectivity index (χ3v) is 6.40. The van der Waals surface area contributed by atoms with Crippen LogP contribution < -0.4 is 5.73 Å². The molecule has 0 atom stereocenters. The quantitative estimate of drug-likeness (QED) is 0.804. The van der Waals surface area contributed by atoms with Crippen molar-refractivity contribution in [3.8, 4) is 0 Å². The Hall–Kier alpha value is -0.820. The summed E-state index contributed by atoms with van der Waals surface area (Å²) in [5, 5.41) is 0. The van der Waals surface area contributed by atoms with Gasteiger partial charge < -0.3 is 5.73 Å². The lowest BCUT2D eigenvalue weighted by molar-refractivity contribution is 0.253. The van der Waals surface area contributed by atoms with Crippen LogP contribution in [0.25, 0.3) is 0 Å². The molecule has 0 radical (unpaired) electrons. The van der Waals surface area contributed by atoms with Gasteiger partial charge in [0.1, 0.15) is 0 Å². The fourth-order valence-electron chi connectivity index (χ4n) is 4.40. The molecule has 2 rings (SSSR count). The predicted molar refractivity (Wildman–Crippen MR) is 93.0 cm³/mol. The van der Waals surface area contributed by atoms with Gasteiger partial charge in [-0.1, -0.05) is 12.8 Å². The van der Waals surface area contributed by atoms with Gasteiger partial charge >= 0.3 is 0 Å². The standard InChI is InChI=1S/C20H33N/c1-14-15(2)17(4)19(18(5)16(14)3)8-11-20(12-13-21)9-6-7-10-20/h6-13,21H2,1-5H3. The average Bonchev–Trinajstić information content (AvgIpc) is 2.92. The van der Waals surface area contributed by atoms with Crippen LogP contribution in [0.5, 0.6) is 0 Å². The Balaban J connectivity index is 2.24. The second-order valence-electron chi connectivity index (χ2n) is 7.35. The molecule has 1 aliphatic rings. The van der Waals surface area contributed by atoms with Crippen LogP contribution in [-0.4, -0.2) is 6.54 Å². The van der Waals surface area contributed by atoms with Gasteiger partial charge in [-0.3, -0.25) is 0 Å². The Kier molecular flexibility index (Phi) is 5.14. The molecule has 2 N–H and O–H groups in total. The molecule has 0 spiro atoms. The molecular formula is C20H33N. The lowest BCUT2D eigenvalue weighted by atomic mass is 9.76. The van der Waals surface area contributed by atoms with E-state index in [1.165, 1.54) is 72.8 Å². The Labute approximate surface area is 131 Å². The lowest BCUT2D eigenvalue weighted by Gasteiger charge is -2.30. The number of nitrogens with two attached hydrogens (primary N) is 1. The van der Waals surface area contributed by atoms with Gasteiger partial charge in [0.05, 0.1) is 0 Å². The molecule has 0 amide bonds. The zero-order valence-electron chi connectivity index (χ0n) is 14.7. The molecule has 0 bridgehead atoms. The molecule has 1 fully saturated rings. The van der Waals surface area contributed by atoms with Crippen molar-refractivity contribution in [2.75, 3.05) is 6.54 Å². The molecular weight excluding hydrogens is 254 g/mol. The fraction of sp³-hybridized carbons (Fsp3) is 0.700. The minimum atomic E-state index is 0.542. The first kappa shape index (κ1) is 16.5. The second kappa shape index (κ2) is 6.52. The van der Waals surface area contributed by atoms with E-state index >= 15 is 0 Å². The van der Waals surface area contributed by atoms with Crippen molar-refractivity contribution < 1.29 is 0 Å². The van der Waals surface area contributed by atoms with Crippen LogP contribution >= 0.6 is 0 Å². The Morgan fingerprint density at radius 1 is 0.762 bits per heavy atom. The Morgan fingerprint density at radius 3 is 1.71 bits per heavy atom. The van der Waals surface area contributed by atoms with Crippen LogP contribution in [0.2, 0.25) is 0 Å². The molecule has 1 aromatic rings. The second-order valence-corrected chi connectivity index (χ2v) is 7.35. The summed E-state index contributed by atoms with van der Waals surface area (Å²) in [5.74, 6) is 0. The van der Waals surface area contributed by atoms with Crippen LogP contribution in [0.1, 0.15) is 71.9 Å². The largest absolute Gasteiger partial charge is 0.330 e. The molecule has 0 aromatic heterocycles. The van der Waals surface area contributed by atoms with Crippen LogP contribution in [0, 0.1) is 40.0 Å². The van der Waals surface area contributed by atoms with E-state index in [-0.39, 0.29) is 0 Å². The van der Waals surface area contributed by atoms with Gasteiger partial charge in [0, 0.05) is 0 Å². The third-order valence-electron chi connectivity index (χ3n) is 6.40. The minimum absolute atomic E-state index is 0.542. The highest BCUT2D eigenvalue weighted by Crippen LogP contribution is 2.45. The third kappa shape index (κ3) is 3.18. The summed E-state index contributed by atoms with van der Waals surface area (Å²) in [4.78, 5) is 0. The first-order chi connectivity index (χ1) is 9.92. The van der Waals surface area contributed by atoms with Gasteiger partial charge in [-0.2, -0.15) is 0 Å². The molecule has 0 saturated heterocycles. The zero-order valence-corrected chi connectivity index (χ0v) is 14.7. The predicted octanol–water partition coefficient (Wildman–Crippen LogP) is 5.07. The van der Waals surface area contributed by atoms with E-state index in [0.29, 0.717) is 5.41 Å². The number of hydrogen-bond donors (Lipinski definition) is 1. The normalized spacial score (nSPS) is 17.4. The summed E-state index contributed by atoms with van der Waals surface area (Å²) in [5.41, 5.74) is 15.6. The van der Waals surface area contributed by atoms with E-state index in [9.17, 15) is 0 Å². The maximum absolute atomic E-state index is 5.89. The summed E-state index contributed by atoms with van der Waals surface area (Å²) >= 11 is 0. The first-order valence-electron chi connectivity index (χ1n) is 8.68. The van der Waals surface area contributed by atoms with Crippen molar-refractivity contribution in [3.63, 3.8) is 0 Å². The molecule has 1 nitrogen and oxygen atoms in total. The van der Waals surface area contributed by atoms with E-state index < -0.39 is 0 Å². The molecule has 0 unspecified atom stereocenters. The van der Waals surface area contributed by atoms with Gasteiger partial charge in [-0.15, -0.1) is 0 Å². The number of rotatable bonds is 5. The van der Waals surface area contributed by atoms with E-state index in [1.54, 1.807) is 5.56 Å². The van der Waals surface area contributed by atoms with Gasteiger partial charge in [0.15, 0.2) is 0 Å². The smallest absolute Gasteiger partial charge is 0.00720 e. The van der Waals surface area contributed by atoms with Crippen molar-refractivity contribution in [1.29, 1.82) is 0 Å². The Bertz CT molecular complexity index is 478. The summed E-state index contributed by atoms with van der Waals surface area (Å²) in [6.45, 7) is 12.3. The first-order valence-corrected chi connectivity index (χ1v) is 8.68. The maximum Gasteiger partial charge on any atom is -0.00720 e. The van der Waals surface area contributed by atoms with E-state index in [1.807, 2.05) is 0 Å². The van der Waals surface area contributed by atoms with Crippen LogP contribution in [-0.2, 0) is 6.42 Å². The van der Waals surface area contributed by atoms with Crippen molar-refractivity contribution in [1.82, 2.24) is 0 Å². The number of benzene rings is 1. The topological polar surface area (TPSA) is 26.0 Å². The van der Waals surface area contributed by atoms with Crippen molar-refractivity contribution >= 4 is 0 Å². The lowest BCUT2D eigenvalue weighted by Crippen LogP contribution is -2.22. The Morgan fingerprint density at radius 2 is 1.24 bits per heavy atom. The summed E-state index contributed by atoms with van der Waals surface area (Å²) < 4.78 is 0. The molecule has 1 heteroatoms. The molecule has 1 aliphatic carbocycles. The molecule has 21 heavy (non-hydrogen) atoms. The monoisotopic (exact) mass is 287 g/mol. The van der Waals surface area contributed by atoms with Crippen molar-refractivity contribution in [2.24, 2.45) is 11.1 Å². The van der Waals surface area contributed by atoms with Crippen LogP contribution in [0.15, 0.2) is 0 Å². The van der Waals surface area contributed by atoms with Crippen molar-refractivity contribution in [2.45, 2.75) is 79.6 Å². The van der Waals surface area contributed by atoms with Gasteiger partial charge in [-0.25, -0.2) is 0 Å². The summed E-state index contributed by atoms with van der Waals surface area (Å²) in [6.07, 6.45) is 9.38. The maximum atomic E-state index is 5.89. The van der Waals surface area contributed by atoms with E-state index in [4.69, 9.17) is 5.73 Å². The van der Waals surface area contributed by atoms with E-state index in [2.05, 4.69) is 34.6 Å². The molecule has 118 valence electrons.